The zero-order valence-electron chi connectivity index (χ0n) is 7.69. The lowest BCUT2D eigenvalue weighted by molar-refractivity contribution is -0.125. The van der Waals surface area contributed by atoms with Gasteiger partial charge in [-0.05, 0) is 32.5 Å². The highest BCUT2D eigenvalue weighted by molar-refractivity contribution is 4.75. The maximum absolute atomic E-state index is 11.7. The summed E-state index contributed by atoms with van der Waals surface area (Å²) in [6.45, 7) is 1.51. The summed E-state index contributed by atoms with van der Waals surface area (Å²) in [6, 6.07) is 0. The van der Waals surface area contributed by atoms with Crippen LogP contribution in [0.1, 0.15) is 6.42 Å². The Morgan fingerprint density at radius 3 is 2.62 bits per heavy atom. The quantitative estimate of drug-likeness (QED) is 0.727. The largest absolute Gasteiger partial charge is 0.401 e. The van der Waals surface area contributed by atoms with Gasteiger partial charge in [0.15, 0.2) is 0 Å². The molecule has 0 aromatic rings. The molecule has 0 saturated carbocycles. The third-order valence-corrected chi connectivity index (χ3v) is 2.25. The summed E-state index contributed by atoms with van der Waals surface area (Å²) < 4.78 is 35.2. The smallest absolute Gasteiger partial charge is 0.308 e. The van der Waals surface area contributed by atoms with E-state index < -0.39 is 12.7 Å². The van der Waals surface area contributed by atoms with Crippen molar-refractivity contribution < 1.29 is 13.2 Å². The van der Waals surface area contributed by atoms with E-state index in [1.165, 1.54) is 0 Å². The lowest BCUT2D eigenvalue weighted by Crippen LogP contribution is -2.33. The molecule has 1 rings (SSSR count). The van der Waals surface area contributed by atoms with Gasteiger partial charge in [0.25, 0.3) is 0 Å². The van der Waals surface area contributed by atoms with E-state index in [1.807, 2.05) is 7.05 Å². The van der Waals surface area contributed by atoms with Crippen LogP contribution in [-0.4, -0.2) is 44.3 Å². The molecule has 0 spiro atoms. The second kappa shape index (κ2) is 4.28. The molecule has 0 radical (unpaired) electrons. The first-order valence-corrected chi connectivity index (χ1v) is 4.43. The molecular formula is C8H15F3N2. The van der Waals surface area contributed by atoms with Crippen molar-refractivity contribution in [1.29, 1.82) is 0 Å². The maximum atomic E-state index is 11.7. The predicted molar refractivity (Wildman–Crippen MR) is 44.5 cm³/mol. The third kappa shape index (κ3) is 4.47. The first kappa shape index (κ1) is 10.8. The van der Waals surface area contributed by atoms with Gasteiger partial charge in [-0.15, -0.1) is 0 Å². The summed E-state index contributed by atoms with van der Waals surface area (Å²) in [5.74, 6) is 0.382. The minimum atomic E-state index is -4.08. The van der Waals surface area contributed by atoms with Crippen LogP contribution < -0.4 is 5.32 Å². The molecule has 1 N–H and O–H groups in total. The maximum Gasteiger partial charge on any atom is 0.401 e. The summed E-state index contributed by atoms with van der Waals surface area (Å²) in [6.07, 6.45) is -3.08. The summed E-state index contributed by atoms with van der Waals surface area (Å²) >= 11 is 0. The number of likely N-dealkylation sites (tertiary alicyclic amines) is 1. The molecule has 1 saturated heterocycles. The summed E-state index contributed by atoms with van der Waals surface area (Å²) in [7, 11) is 1.99. The second-order valence-corrected chi connectivity index (χ2v) is 3.66. The monoisotopic (exact) mass is 196 g/mol. The zero-order valence-corrected chi connectivity index (χ0v) is 7.69. The molecule has 2 nitrogen and oxygen atoms in total. The van der Waals surface area contributed by atoms with E-state index in [-0.39, 0.29) is 0 Å². The van der Waals surface area contributed by atoms with Gasteiger partial charge in [0, 0.05) is 6.54 Å². The van der Waals surface area contributed by atoms with E-state index in [4.69, 9.17) is 0 Å². The van der Waals surface area contributed by atoms with Crippen molar-refractivity contribution >= 4 is 0 Å². The number of rotatable bonds is 3. The Kier molecular flexibility index (Phi) is 3.55. The summed E-state index contributed by atoms with van der Waals surface area (Å²) in [5.41, 5.74) is 0. The number of hydrogen-bond acceptors (Lipinski definition) is 2. The molecule has 1 aliphatic rings. The van der Waals surface area contributed by atoms with Gasteiger partial charge in [-0.2, -0.15) is 13.2 Å². The van der Waals surface area contributed by atoms with Crippen LogP contribution in [0.2, 0.25) is 0 Å². The molecule has 0 aromatic carbocycles. The van der Waals surface area contributed by atoms with Crippen LogP contribution in [-0.2, 0) is 0 Å². The second-order valence-electron chi connectivity index (χ2n) is 3.66. The Hall–Kier alpha value is -0.290. The highest BCUT2D eigenvalue weighted by atomic mass is 19.4. The molecule has 0 aliphatic carbocycles. The lowest BCUT2D eigenvalue weighted by Gasteiger charge is -2.12. The first-order chi connectivity index (χ1) is 5.97. The number of nitrogens with one attached hydrogen (secondary N) is 1. The molecule has 0 amide bonds. The molecule has 0 aromatic heterocycles. The standard InChI is InChI=1S/C8H15F3N2/c1-13-3-2-7(5-13)4-12-6-8(9,10)11/h7,12H,2-6H2,1H3. The number of nitrogens with zero attached hydrogens (tertiary/aromatic N) is 1. The predicted octanol–water partition coefficient (Wildman–Crippen LogP) is 1.09. The molecule has 1 fully saturated rings. The number of hydrogen-bond donors (Lipinski definition) is 1. The van der Waals surface area contributed by atoms with E-state index >= 15 is 0 Å². The van der Waals surface area contributed by atoms with Crippen LogP contribution in [0.4, 0.5) is 13.2 Å². The van der Waals surface area contributed by atoms with Gasteiger partial charge in [0.05, 0.1) is 6.54 Å². The van der Waals surface area contributed by atoms with Crippen LogP contribution in [0.15, 0.2) is 0 Å². The van der Waals surface area contributed by atoms with Gasteiger partial charge in [-0.25, -0.2) is 0 Å². The van der Waals surface area contributed by atoms with Crippen molar-refractivity contribution in [3.8, 4) is 0 Å². The minimum Gasteiger partial charge on any atom is -0.308 e. The average molecular weight is 196 g/mol. The Morgan fingerprint density at radius 1 is 1.46 bits per heavy atom. The van der Waals surface area contributed by atoms with Crippen molar-refractivity contribution in [3.05, 3.63) is 0 Å². The summed E-state index contributed by atoms with van der Waals surface area (Å²) in [5, 5.41) is 2.44. The van der Waals surface area contributed by atoms with Crippen LogP contribution in [0.5, 0.6) is 0 Å². The molecule has 1 heterocycles. The Morgan fingerprint density at radius 2 is 2.15 bits per heavy atom. The molecule has 13 heavy (non-hydrogen) atoms. The van der Waals surface area contributed by atoms with E-state index in [1.54, 1.807) is 0 Å². The van der Waals surface area contributed by atoms with Crippen LogP contribution in [0, 0.1) is 5.92 Å². The van der Waals surface area contributed by atoms with Gasteiger partial charge in [0.2, 0.25) is 0 Å². The first-order valence-electron chi connectivity index (χ1n) is 4.43. The van der Waals surface area contributed by atoms with Crippen molar-refractivity contribution in [2.24, 2.45) is 5.92 Å². The van der Waals surface area contributed by atoms with E-state index in [2.05, 4.69) is 10.2 Å². The average Bonchev–Trinajstić information content (AvgIpc) is 2.33. The van der Waals surface area contributed by atoms with E-state index in [0.717, 1.165) is 19.5 Å². The van der Waals surface area contributed by atoms with Gasteiger partial charge in [0.1, 0.15) is 0 Å². The van der Waals surface area contributed by atoms with Gasteiger partial charge >= 0.3 is 6.18 Å². The van der Waals surface area contributed by atoms with E-state index in [0.29, 0.717) is 12.5 Å². The van der Waals surface area contributed by atoms with Gasteiger partial charge < -0.3 is 10.2 Å². The Bertz CT molecular complexity index is 158. The topological polar surface area (TPSA) is 15.3 Å². The molecule has 1 atom stereocenters. The number of alkyl halides is 3. The van der Waals surface area contributed by atoms with Crippen molar-refractivity contribution in [3.63, 3.8) is 0 Å². The molecule has 1 unspecified atom stereocenters. The zero-order chi connectivity index (χ0) is 9.90. The van der Waals surface area contributed by atoms with Crippen molar-refractivity contribution in [2.75, 3.05) is 33.2 Å². The molecular weight excluding hydrogens is 181 g/mol. The third-order valence-electron chi connectivity index (χ3n) is 2.25. The molecule has 78 valence electrons. The highest BCUT2D eigenvalue weighted by Gasteiger charge is 2.27. The Labute approximate surface area is 76.1 Å². The normalized spacial score (nSPS) is 25.4. The highest BCUT2D eigenvalue weighted by Crippen LogP contribution is 2.15. The fraction of sp³-hybridized carbons (Fsp3) is 1.00. The van der Waals surface area contributed by atoms with Gasteiger partial charge in [-0.3, -0.25) is 0 Å². The SMILES string of the molecule is CN1CCC(CNCC(F)(F)F)C1. The minimum absolute atomic E-state index is 0.382. The van der Waals surface area contributed by atoms with Crippen LogP contribution in [0.3, 0.4) is 0 Å². The van der Waals surface area contributed by atoms with E-state index in [9.17, 15) is 13.2 Å². The Balaban J connectivity index is 2.07. The van der Waals surface area contributed by atoms with Crippen LogP contribution in [0.25, 0.3) is 0 Å². The van der Waals surface area contributed by atoms with Crippen molar-refractivity contribution in [1.82, 2.24) is 10.2 Å². The van der Waals surface area contributed by atoms with Crippen LogP contribution >= 0.6 is 0 Å². The van der Waals surface area contributed by atoms with Gasteiger partial charge in [-0.1, -0.05) is 0 Å². The molecule has 1 aliphatic heterocycles. The number of halogens is 3. The molecule has 0 bridgehead atoms. The lowest BCUT2D eigenvalue weighted by atomic mass is 10.1. The fourth-order valence-corrected chi connectivity index (χ4v) is 1.61. The summed E-state index contributed by atoms with van der Waals surface area (Å²) in [4.78, 5) is 2.14. The molecule has 5 heteroatoms. The fourth-order valence-electron chi connectivity index (χ4n) is 1.61. The van der Waals surface area contributed by atoms with Crippen molar-refractivity contribution in [2.45, 2.75) is 12.6 Å².